The molecule has 1 fully saturated rings. The Hall–Kier alpha value is -0.970. The maximum absolute atomic E-state index is 13.8. The van der Waals surface area contributed by atoms with Crippen LogP contribution in [0.3, 0.4) is 0 Å². The van der Waals surface area contributed by atoms with Crippen LogP contribution in [0.5, 0.6) is 0 Å². The minimum Gasteiger partial charge on any atom is -0.379 e. The van der Waals surface area contributed by atoms with Gasteiger partial charge in [-0.2, -0.15) is 0 Å². The van der Waals surface area contributed by atoms with E-state index >= 15 is 0 Å². The van der Waals surface area contributed by atoms with Crippen LogP contribution >= 0.6 is 0 Å². The van der Waals surface area contributed by atoms with Crippen molar-refractivity contribution in [2.75, 3.05) is 26.8 Å². The highest BCUT2D eigenvalue weighted by Gasteiger charge is 2.40. The Bertz CT molecular complexity index is 405. The van der Waals surface area contributed by atoms with Crippen molar-refractivity contribution in [3.05, 3.63) is 35.6 Å². The molecule has 0 bridgehead atoms. The van der Waals surface area contributed by atoms with Gasteiger partial charge in [0.1, 0.15) is 5.82 Å². The number of likely N-dealkylation sites (N-methyl/N-ethyl adjacent to an activating group) is 1. The van der Waals surface area contributed by atoms with E-state index in [1.54, 1.807) is 6.07 Å². The van der Waals surface area contributed by atoms with Crippen molar-refractivity contribution in [3.8, 4) is 0 Å². The van der Waals surface area contributed by atoms with E-state index in [1.807, 2.05) is 26.1 Å². The number of nitrogens with zero attached hydrogens (tertiary/aromatic N) is 1. The first-order chi connectivity index (χ1) is 8.60. The zero-order valence-electron chi connectivity index (χ0n) is 11.0. The van der Waals surface area contributed by atoms with Gasteiger partial charge in [-0.25, -0.2) is 4.39 Å². The number of hydrogen-bond donors (Lipinski definition) is 1. The van der Waals surface area contributed by atoms with Crippen molar-refractivity contribution < 1.29 is 9.13 Å². The van der Waals surface area contributed by atoms with Crippen LogP contribution < -0.4 is 5.73 Å². The van der Waals surface area contributed by atoms with Crippen molar-refractivity contribution in [2.45, 2.75) is 24.9 Å². The number of halogens is 1. The molecular weight excluding hydrogens is 231 g/mol. The number of ether oxygens (including phenoxy) is 1. The first-order valence-electron chi connectivity index (χ1n) is 6.36. The molecule has 2 atom stereocenters. The maximum Gasteiger partial charge on any atom is 0.127 e. The van der Waals surface area contributed by atoms with Crippen LogP contribution in [-0.4, -0.2) is 37.2 Å². The van der Waals surface area contributed by atoms with Gasteiger partial charge in [0.2, 0.25) is 0 Å². The number of rotatable bonds is 4. The average Bonchev–Trinajstić information content (AvgIpc) is 2.87. The highest BCUT2D eigenvalue weighted by Crippen LogP contribution is 2.32. The molecule has 0 radical (unpaired) electrons. The molecule has 1 saturated heterocycles. The molecule has 1 heterocycles. The smallest absolute Gasteiger partial charge is 0.127 e. The molecule has 18 heavy (non-hydrogen) atoms. The molecule has 2 N–H and O–H groups in total. The molecule has 2 unspecified atom stereocenters. The maximum atomic E-state index is 13.8. The van der Waals surface area contributed by atoms with E-state index in [0.717, 1.165) is 13.0 Å². The molecule has 0 spiro atoms. The van der Waals surface area contributed by atoms with E-state index in [0.29, 0.717) is 18.7 Å². The predicted octanol–water partition coefficient (Wildman–Crippen LogP) is 1.94. The summed E-state index contributed by atoms with van der Waals surface area (Å²) in [6.45, 7) is 3.89. The van der Waals surface area contributed by atoms with Crippen LogP contribution in [-0.2, 0) is 4.74 Å². The van der Waals surface area contributed by atoms with Crippen molar-refractivity contribution in [1.29, 1.82) is 0 Å². The summed E-state index contributed by atoms with van der Waals surface area (Å²) in [6.07, 6.45) is 0.902. The first-order valence-corrected chi connectivity index (χ1v) is 6.36. The van der Waals surface area contributed by atoms with Gasteiger partial charge in [-0.3, -0.25) is 4.90 Å². The molecule has 0 saturated carbocycles. The van der Waals surface area contributed by atoms with Crippen LogP contribution in [0, 0.1) is 5.82 Å². The zero-order chi connectivity index (χ0) is 13.2. The molecule has 0 aliphatic carbocycles. The predicted molar refractivity (Wildman–Crippen MR) is 69.8 cm³/mol. The lowest BCUT2D eigenvalue weighted by Crippen LogP contribution is -2.53. The van der Waals surface area contributed by atoms with Gasteiger partial charge in [0.05, 0.1) is 12.1 Å². The zero-order valence-corrected chi connectivity index (χ0v) is 11.0. The van der Waals surface area contributed by atoms with E-state index in [9.17, 15) is 4.39 Å². The van der Waals surface area contributed by atoms with Crippen molar-refractivity contribution in [1.82, 2.24) is 4.90 Å². The van der Waals surface area contributed by atoms with Gasteiger partial charge in [-0.05, 0) is 26.5 Å². The topological polar surface area (TPSA) is 38.5 Å². The highest BCUT2D eigenvalue weighted by atomic mass is 19.1. The van der Waals surface area contributed by atoms with Crippen LogP contribution in [0.15, 0.2) is 24.3 Å². The summed E-state index contributed by atoms with van der Waals surface area (Å²) >= 11 is 0. The van der Waals surface area contributed by atoms with E-state index in [-0.39, 0.29) is 17.4 Å². The van der Waals surface area contributed by atoms with Crippen molar-refractivity contribution in [2.24, 2.45) is 5.73 Å². The standard InChI is InChI=1S/C14H21FN2O/c1-11(12-5-3-4-6-13(12)15)17(2)14(9-16)7-8-18-10-14/h3-6,11H,7-10,16H2,1-2H3. The Kier molecular flexibility index (Phi) is 4.00. The summed E-state index contributed by atoms with van der Waals surface area (Å²) in [5.41, 5.74) is 6.45. The lowest BCUT2D eigenvalue weighted by molar-refractivity contribution is 0.0635. The van der Waals surface area contributed by atoms with Crippen LogP contribution in [0.25, 0.3) is 0 Å². The van der Waals surface area contributed by atoms with Gasteiger partial charge >= 0.3 is 0 Å². The molecule has 0 amide bonds. The Balaban J connectivity index is 2.23. The van der Waals surface area contributed by atoms with Gasteiger partial charge in [0, 0.05) is 24.8 Å². The molecule has 3 nitrogen and oxygen atoms in total. The molecular formula is C14H21FN2O. The average molecular weight is 252 g/mol. The molecule has 2 rings (SSSR count). The van der Waals surface area contributed by atoms with E-state index in [4.69, 9.17) is 10.5 Å². The third kappa shape index (κ3) is 2.28. The third-order valence-electron chi connectivity index (χ3n) is 4.15. The summed E-state index contributed by atoms with van der Waals surface area (Å²) in [4.78, 5) is 2.15. The van der Waals surface area contributed by atoms with E-state index in [2.05, 4.69) is 4.90 Å². The summed E-state index contributed by atoms with van der Waals surface area (Å²) in [7, 11) is 2.00. The lowest BCUT2D eigenvalue weighted by Gasteiger charge is -2.40. The quantitative estimate of drug-likeness (QED) is 0.890. The van der Waals surface area contributed by atoms with Crippen molar-refractivity contribution >= 4 is 0 Å². The van der Waals surface area contributed by atoms with Crippen LogP contribution in [0.1, 0.15) is 24.9 Å². The van der Waals surface area contributed by atoms with Gasteiger partial charge in [0.25, 0.3) is 0 Å². The summed E-state index contributed by atoms with van der Waals surface area (Å²) in [5, 5.41) is 0. The van der Waals surface area contributed by atoms with E-state index < -0.39 is 0 Å². The van der Waals surface area contributed by atoms with Gasteiger partial charge in [0.15, 0.2) is 0 Å². The van der Waals surface area contributed by atoms with E-state index in [1.165, 1.54) is 6.07 Å². The Morgan fingerprint density at radius 1 is 1.50 bits per heavy atom. The molecule has 100 valence electrons. The molecule has 4 heteroatoms. The summed E-state index contributed by atoms with van der Waals surface area (Å²) in [6, 6.07) is 6.89. The van der Waals surface area contributed by atoms with Gasteiger partial charge < -0.3 is 10.5 Å². The minimum absolute atomic E-state index is 0.0172. The number of hydrogen-bond acceptors (Lipinski definition) is 3. The molecule has 1 aromatic carbocycles. The summed E-state index contributed by atoms with van der Waals surface area (Å²) < 4.78 is 19.3. The fraction of sp³-hybridized carbons (Fsp3) is 0.571. The second-order valence-electron chi connectivity index (χ2n) is 5.04. The monoisotopic (exact) mass is 252 g/mol. The fourth-order valence-corrected chi connectivity index (χ4v) is 2.61. The van der Waals surface area contributed by atoms with Gasteiger partial charge in [-0.15, -0.1) is 0 Å². The fourth-order valence-electron chi connectivity index (χ4n) is 2.61. The van der Waals surface area contributed by atoms with Crippen LogP contribution in [0.2, 0.25) is 0 Å². The SMILES string of the molecule is CC(c1ccccc1F)N(C)C1(CN)CCOC1. The first kappa shape index (κ1) is 13.5. The molecule has 1 aliphatic rings. The normalized spacial score (nSPS) is 25.6. The van der Waals surface area contributed by atoms with Crippen LogP contribution in [0.4, 0.5) is 4.39 Å². The molecule has 1 aliphatic heterocycles. The third-order valence-corrected chi connectivity index (χ3v) is 4.15. The van der Waals surface area contributed by atoms with Crippen molar-refractivity contribution in [3.63, 3.8) is 0 Å². The second-order valence-corrected chi connectivity index (χ2v) is 5.04. The Labute approximate surface area is 108 Å². The number of benzene rings is 1. The molecule has 1 aromatic rings. The minimum atomic E-state index is -0.165. The Morgan fingerprint density at radius 3 is 2.78 bits per heavy atom. The van der Waals surface area contributed by atoms with Gasteiger partial charge in [-0.1, -0.05) is 18.2 Å². The second kappa shape index (κ2) is 5.34. The lowest BCUT2D eigenvalue weighted by atomic mass is 9.93. The summed E-state index contributed by atoms with van der Waals surface area (Å²) in [5.74, 6) is -0.164. The Morgan fingerprint density at radius 2 is 2.22 bits per heavy atom. The molecule has 0 aromatic heterocycles. The largest absolute Gasteiger partial charge is 0.379 e. The number of nitrogens with two attached hydrogens (primary N) is 1. The highest BCUT2D eigenvalue weighted by molar-refractivity contribution is 5.21.